The molecule has 0 aliphatic carbocycles. The maximum absolute atomic E-state index is 12.0. The van der Waals surface area contributed by atoms with Crippen LogP contribution in [-0.2, 0) is 16.1 Å². The molecule has 0 spiro atoms. The van der Waals surface area contributed by atoms with Crippen molar-refractivity contribution in [3.8, 4) is 0 Å². The number of nitrogens with one attached hydrogen (secondary N) is 1. The van der Waals surface area contributed by atoms with E-state index >= 15 is 0 Å². The third-order valence-corrected chi connectivity index (χ3v) is 4.07. The number of thiophene rings is 1. The first-order valence-electron chi connectivity index (χ1n) is 6.02. The second kappa shape index (κ2) is 6.36. The monoisotopic (exact) mass is 301 g/mol. The Kier molecular flexibility index (Phi) is 4.79. The highest BCUT2D eigenvalue weighted by atomic mass is 35.5. The zero-order chi connectivity index (χ0) is 13.8. The van der Waals surface area contributed by atoms with Crippen LogP contribution in [0.15, 0.2) is 12.1 Å². The maximum Gasteiger partial charge on any atom is 0.239 e. The third kappa shape index (κ3) is 4.19. The van der Waals surface area contributed by atoms with Gasteiger partial charge in [0.1, 0.15) is 0 Å². The van der Waals surface area contributed by atoms with Crippen molar-refractivity contribution < 1.29 is 9.59 Å². The van der Waals surface area contributed by atoms with E-state index in [4.69, 9.17) is 11.6 Å². The Bertz CT molecular complexity index is 477. The number of carbonyl (C=O) groups excluding carboxylic acids is 2. The van der Waals surface area contributed by atoms with Crippen LogP contribution in [0.3, 0.4) is 0 Å². The number of likely N-dealkylation sites (N-methyl/N-ethyl adjacent to an activating group) is 1. The van der Waals surface area contributed by atoms with Gasteiger partial charge in [-0.05, 0) is 19.2 Å². The van der Waals surface area contributed by atoms with Crippen LogP contribution in [0.1, 0.15) is 4.88 Å². The quantitative estimate of drug-likeness (QED) is 0.895. The van der Waals surface area contributed by atoms with Gasteiger partial charge in [-0.25, -0.2) is 0 Å². The first-order valence-corrected chi connectivity index (χ1v) is 7.21. The van der Waals surface area contributed by atoms with E-state index in [1.807, 2.05) is 24.1 Å². The van der Waals surface area contributed by atoms with Gasteiger partial charge in [0.2, 0.25) is 11.8 Å². The summed E-state index contributed by atoms with van der Waals surface area (Å²) in [7, 11) is 1.88. The van der Waals surface area contributed by atoms with Crippen LogP contribution in [-0.4, -0.2) is 54.8 Å². The number of nitrogens with zero attached hydrogens (tertiary/aromatic N) is 2. The van der Waals surface area contributed by atoms with E-state index < -0.39 is 0 Å². The zero-order valence-electron chi connectivity index (χ0n) is 10.7. The number of halogens is 1. The molecule has 0 saturated carbocycles. The molecule has 1 aromatic rings. The first-order chi connectivity index (χ1) is 9.04. The summed E-state index contributed by atoms with van der Waals surface area (Å²) in [5, 5.41) is 2.70. The van der Waals surface area contributed by atoms with Gasteiger partial charge in [0.15, 0.2) is 0 Å². The molecule has 0 bridgehead atoms. The van der Waals surface area contributed by atoms with E-state index in [-0.39, 0.29) is 18.4 Å². The predicted octanol–water partition coefficient (Wildman–Crippen LogP) is 0.792. The largest absolute Gasteiger partial charge is 0.353 e. The smallest absolute Gasteiger partial charge is 0.239 e. The fourth-order valence-corrected chi connectivity index (χ4v) is 3.11. The number of hydrogen-bond donors (Lipinski definition) is 1. The van der Waals surface area contributed by atoms with Gasteiger partial charge in [0, 0.05) is 24.5 Å². The molecule has 0 unspecified atom stereocenters. The minimum absolute atomic E-state index is 0.0139. The van der Waals surface area contributed by atoms with Gasteiger partial charge in [-0.2, -0.15) is 0 Å². The topological polar surface area (TPSA) is 52.7 Å². The second-order valence-corrected chi connectivity index (χ2v) is 6.34. The summed E-state index contributed by atoms with van der Waals surface area (Å²) >= 11 is 7.38. The van der Waals surface area contributed by atoms with Crippen molar-refractivity contribution in [3.63, 3.8) is 0 Å². The minimum atomic E-state index is -0.0905. The number of hydrogen-bond acceptors (Lipinski definition) is 4. The van der Waals surface area contributed by atoms with E-state index in [9.17, 15) is 9.59 Å². The molecule has 0 atom stereocenters. The van der Waals surface area contributed by atoms with Crippen molar-refractivity contribution in [1.29, 1.82) is 0 Å². The van der Waals surface area contributed by atoms with Crippen molar-refractivity contribution in [2.45, 2.75) is 6.54 Å². The number of amides is 2. The van der Waals surface area contributed by atoms with Crippen LogP contribution >= 0.6 is 22.9 Å². The summed E-state index contributed by atoms with van der Waals surface area (Å²) in [6.45, 7) is 2.28. The molecule has 1 fully saturated rings. The van der Waals surface area contributed by atoms with Gasteiger partial charge in [-0.1, -0.05) is 11.6 Å². The summed E-state index contributed by atoms with van der Waals surface area (Å²) in [4.78, 5) is 27.9. The van der Waals surface area contributed by atoms with Crippen molar-refractivity contribution in [2.24, 2.45) is 0 Å². The molecule has 104 valence electrons. The number of rotatable bonds is 4. The molecule has 2 heterocycles. The van der Waals surface area contributed by atoms with Crippen LogP contribution in [0.2, 0.25) is 4.34 Å². The fraction of sp³-hybridized carbons (Fsp3) is 0.500. The SMILES string of the molecule is CN(CC(=O)N1CCNC(=O)C1)Cc1ccc(Cl)s1. The van der Waals surface area contributed by atoms with Gasteiger partial charge in [0.25, 0.3) is 0 Å². The molecular weight excluding hydrogens is 286 g/mol. The summed E-state index contributed by atoms with van der Waals surface area (Å²) < 4.78 is 0.752. The van der Waals surface area contributed by atoms with E-state index in [1.54, 1.807) is 4.90 Å². The predicted molar refractivity (Wildman–Crippen MR) is 75.3 cm³/mol. The Labute approximate surface area is 121 Å². The standard InChI is InChI=1S/C12H16ClN3O2S/c1-15(6-9-2-3-10(13)19-9)8-12(18)16-5-4-14-11(17)7-16/h2-3H,4-8H2,1H3,(H,14,17). The van der Waals surface area contributed by atoms with Crippen LogP contribution in [0.4, 0.5) is 0 Å². The van der Waals surface area contributed by atoms with Crippen molar-refractivity contribution >= 4 is 34.8 Å². The van der Waals surface area contributed by atoms with Crippen molar-refractivity contribution in [2.75, 3.05) is 33.2 Å². The van der Waals surface area contributed by atoms with Crippen molar-refractivity contribution in [1.82, 2.24) is 15.1 Å². The zero-order valence-corrected chi connectivity index (χ0v) is 12.3. The van der Waals surface area contributed by atoms with Crippen molar-refractivity contribution in [3.05, 3.63) is 21.3 Å². The molecule has 1 saturated heterocycles. The molecular formula is C12H16ClN3O2S. The van der Waals surface area contributed by atoms with E-state index in [2.05, 4.69) is 5.32 Å². The fourth-order valence-electron chi connectivity index (χ4n) is 1.94. The summed E-state index contributed by atoms with van der Waals surface area (Å²) in [5.41, 5.74) is 0. The lowest BCUT2D eigenvalue weighted by Crippen LogP contribution is -2.52. The highest BCUT2D eigenvalue weighted by molar-refractivity contribution is 7.16. The van der Waals surface area contributed by atoms with Gasteiger partial charge in [-0.3, -0.25) is 14.5 Å². The van der Waals surface area contributed by atoms with Gasteiger partial charge in [-0.15, -0.1) is 11.3 Å². The lowest BCUT2D eigenvalue weighted by Gasteiger charge is -2.28. The van der Waals surface area contributed by atoms with E-state index in [1.165, 1.54) is 11.3 Å². The average molecular weight is 302 g/mol. The average Bonchev–Trinajstić information content (AvgIpc) is 2.74. The second-order valence-electron chi connectivity index (χ2n) is 4.54. The molecule has 19 heavy (non-hydrogen) atoms. The Morgan fingerprint density at radius 1 is 1.58 bits per heavy atom. The molecule has 1 aromatic heterocycles. The molecule has 1 aliphatic heterocycles. The normalized spacial score (nSPS) is 15.7. The Morgan fingerprint density at radius 3 is 3.00 bits per heavy atom. The molecule has 7 heteroatoms. The van der Waals surface area contributed by atoms with Crippen LogP contribution in [0.5, 0.6) is 0 Å². The molecule has 2 rings (SSSR count). The summed E-state index contributed by atoms with van der Waals surface area (Å²) in [6, 6.07) is 3.81. The highest BCUT2D eigenvalue weighted by Gasteiger charge is 2.21. The van der Waals surface area contributed by atoms with Crippen LogP contribution in [0, 0.1) is 0 Å². The Balaban J connectivity index is 1.82. The third-order valence-electron chi connectivity index (χ3n) is 2.85. The van der Waals surface area contributed by atoms with E-state index in [0.717, 1.165) is 9.21 Å². The highest BCUT2D eigenvalue weighted by Crippen LogP contribution is 2.22. The van der Waals surface area contributed by atoms with Crippen LogP contribution in [0.25, 0.3) is 0 Å². The molecule has 5 nitrogen and oxygen atoms in total. The van der Waals surface area contributed by atoms with Crippen LogP contribution < -0.4 is 5.32 Å². The number of carbonyl (C=O) groups is 2. The lowest BCUT2D eigenvalue weighted by atomic mass is 10.3. The Hall–Kier alpha value is -1.11. The maximum atomic E-state index is 12.0. The number of piperazine rings is 1. The lowest BCUT2D eigenvalue weighted by molar-refractivity contribution is -0.138. The minimum Gasteiger partial charge on any atom is -0.353 e. The molecule has 1 N–H and O–H groups in total. The molecule has 0 radical (unpaired) electrons. The van der Waals surface area contributed by atoms with Gasteiger partial charge >= 0.3 is 0 Å². The summed E-state index contributed by atoms with van der Waals surface area (Å²) in [6.07, 6.45) is 0. The first kappa shape index (κ1) is 14.3. The Morgan fingerprint density at radius 2 is 2.37 bits per heavy atom. The van der Waals surface area contributed by atoms with E-state index in [0.29, 0.717) is 26.2 Å². The molecule has 1 aliphatic rings. The van der Waals surface area contributed by atoms with Gasteiger partial charge in [0.05, 0.1) is 17.4 Å². The molecule has 2 amide bonds. The molecule has 0 aromatic carbocycles. The van der Waals surface area contributed by atoms with Gasteiger partial charge < -0.3 is 10.2 Å². The summed E-state index contributed by atoms with van der Waals surface area (Å²) in [5.74, 6) is -0.104.